The second-order valence-electron chi connectivity index (χ2n) is 5.19. The normalized spacial score (nSPS) is 18.1. The third-order valence-corrected chi connectivity index (χ3v) is 2.33. The fourth-order valence-electron chi connectivity index (χ4n) is 1.41. The Labute approximate surface area is 119 Å². The minimum Gasteiger partial charge on any atom is -1.00 e. The van der Waals surface area contributed by atoms with Crippen molar-refractivity contribution >= 4 is 12.2 Å². The van der Waals surface area contributed by atoms with Gasteiger partial charge in [0.1, 0.15) is 13.2 Å². The molecule has 0 radical (unpaired) electrons. The number of carbonyl (C=O) groups is 2. The fraction of sp³-hybridized carbons (Fsp3) is 0.818. The highest BCUT2D eigenvalue weighted by Crippen LogP contribution is 2.06. The summed E-state index contributed by atoms with van der Waals surface area (Å²) in [6.07, 6.45) is -0.832. The van der Waals surface area contributed by atoms with Crippen molar-refractivity contribution in [1.82, 2.24) is 5.32 Å². The first-order valence-corrected chi connectivity index (χ1v) is 5.91. The summed E-state index contributed by atoms with van der Waals surface area (Å²) < 4.78 is 15.0. The Kier molecular flexibility index (Phi) is 7.55. The van der Waals surface area contributed by atoms with E-state index in [9.17, 15) is 9.59 Å². The van der Waals surface area contributed by atoms with E-state index < -0.39 is 18.4 Å². The number of hydrogen-bond donors (Lipinski definition) is 1. The van der Waals surface area contributed by atoms with E-state index in [0.29, 0.717) is 6.54 Å². The van der Waals surface area contributed by atoms with Crippen molar-refractivity contribution < 1.29 is 40.7 Å². The first-order valence-electron chi connectivity index (χ1n) is 5.91. The van der Waals surface area contributed by atoms with Crippen molar-refractivity contribution in [1.29, 1.82) is 0 Å². The number of rotatable bonds is 6. The molecule has 1 amide bonds. The number of quaternary nitrogens is 1. The summed E-state index contributed by atoms with van der Waals surface area (Å²) in [5.74, 6) is 0. The molecule has 1 unspecified atom stereocenters. The topological polar surface area (TPSA) is 73.9 Å². The predicted molar refractivity (Wildman–Crippen MR) is 63.1 cm³/mol. The molecule has 1 aliphatic heterocycles. The van der Waals surface area contributed by atoms with Gasteiger partial charge in [-0.1, -0.05) is 0 Å². The van der Waals surface area contributed by atoms with Crippen LogP contribution in [0.2, 0.25) is 0 Å². The summed E-state index contributed by atoms with van der Waals surface area (Å²) in [7, 11) is 6.27. The maximum Gasteiger partial charge on any atom is 0.508 e. The zero-order chi connectivity index (χ0) is 13.6. The molecular formula is C11H21ClN2O5. The number of amides is 1. The summed E-state index contributed by atoms with van der Waals surface area (Å²) in [5.41, 5.74) is 0. The molecule has 1 aliphatic rings. The Morgan fingerprint density at radius 1 is 1.47 bits per heavy atom. The monoisotopic (exact) mass is 296 g/mol. The van der Waals surface area contributed by atoms with E-state index in [-0.39, 0.29) is 25.6 Å². The maximum atomic E-state index is 11.3. The van der Waals surface area contributed by atoms with Crippen LogP contribution in [0.25, 0.3) is 0 Å². The van der Waals surface area contributed by atoms with Crippen molar-refractivity contribution in [2.45, 2.75) is 12.5 Å². The van der Waals surface area contributed by atoms with E-state index in [1.54, 1.807) is 0 Å². The van der Waals surface area contributed by atoms with Gasteiger partial charge >= 0.3 is 12.2 Å². The van der Waals surface area contributed by atoms with E-state index in [1.165, 1.54) is 0 Å². The molecule has 7 nitrogen and oxygen atoms in total. The van der Waals surface area contributed by atoms with Crippen LogP contribution in [-0.4, -0.2) is 70.3 Å². The molecule has 1 heterocycles. The van der Waals surface area contributed by atoms with E-state index in [1.807, 2.05) is 0 Å². The molecule has 112 valence electrons. The zero-order valence-corrected chi connectivity index (χ0v) is 12.2. The first kappa shape index (κ1) is 17.8. The van der Waals surface area contributed by atoms with Crippen LogP contribution in [0.1, 0.15) is 6.42 Å². The fourth-order valence-corrected chi connectivity index (χ4v) is 1.41. The third kappa shape index (κ3) is 8.50. The van der Waals surface area contributed by atoms with Crippen molar-refractivity contribution in [3.8, 4) is 0 Å². The standard InChI is InChI=1S/C11H20N2O5.ClH/c1-13(2,3)6-4-5-12-10(14)16-7-9-8-17-11(15)18-9;/h9H,4-8H2,1-3H3;1H. The van der Waals surface area contributed by atoms with Gasteiger partial charge in [0.15, 0.2) is 6.10 Å². The molecule has 1 rings (SSSR count). The summed E-state index contributed by atoms with van der Waals surface area (Å²) in [5, 5.41) is 2.64. The lowest BCUT2D eigenvalue weighted by molar-refractivity contribution is -0.870. The van der Waals surface area contributed by atoms with Crippen molar-refractivity contribution in [2.75, 3.05) is 47.4 Å². The molecule has 0 aliphatic carbocycles. The van der Waals surface area contributed by atoms with Gasteiger partial charge in [0.25, 0.3) is 0 Å². The minimum absolute atomic E-state index is 0. The predicted octanol–water partition coefficient (Wildman–Crippen LogP) is -2.65. The van der Waals surface area contributed by atoms with E-state index in [2.05, 4.69) is 31.2 Å². The molecule has 0 spiro atoms. The lowest BCUT2D eigenvalue weighted by Gasteiger charge is -2.23. The summed E-state index contributed by atoms with van der Waals surface area (Å²) >= 11 is 0. The van der Waals surface area contributed by atoms with Crippen LogP contribution in [-0.2, 0) is 14.2 Å². The third-order valence-electron chi connectivity index (χ3n) is 2.33. The molecule has 8 heteroatoms. The number of ether oxygens (including phenoxy) is 3. The molecule has 1 N–H and O–H groups in total. The zero-order valence-electron chi connectivity index (χ0n) is 11.5. The summed E-state index contributed by atoms with van der Waals surface area (Å²) in [4.78, 5) is 21.9. The van der Waals surface area contributed by atoms with Gasteiger partial charge in [-0.15, -0.1) is 0 Å². The smallest absolute Gasteiger partial charge is 0.508 e. The van der Waals surface area contributed by atoms with Crippen LogP contribution in [0.4, 0.5) is 9.59 Å². The van der Waals surface area contributed by atoms with Crippen LogP contribution >= 0.6 is 0 Å². The van der Waals surface area contributed by atoms with Crippen LogP contribution in [0, 0.1) is 0 Å². The summed E-state index contributed by atoms with van der Waals surface area (Å²) in [6, 6.07) is 0. The molecular weight excluding hydrogens is 276 g/mol. The maximum absolute atomic E-state index is 11.3. The van der Waals surface area contributed by atoms with E-state index in [4.69, 9.17) is 9.47 Å². The molecule has 0 aromatic rings. The first-order chi connectivity index (χ1) is 8.37. The minimum atomic E-state index is -0.716. The SMILES string of the molecule is C[N+](C)(C)CCCNC(=O)OCC1COC(=O)O1.[Cl-]. The highest BCUT2D eigenvalue weighted by molar-refractivity contribution is 5.67. The number of cyclic esters (lactones) is 2. The lowest BCUT2D eigenvalue weighted by Crippen LogP contribution is -3.00. The number of alkyl carbamates (subject to hydrolysis) is 1. The molecule has 19 heavy (non-hydrogen) atoms. The van der Waals surface area contributed by atoms with E-state index in [0.717, 1.165) is 17.4 Å². The number of nitrogens with zero attached hydrogens (tertiary/aromatic N) is 1. The Morgan fingerprint density at radius 2 is 2.16 bits per heavy atom. The molecule has 0 bridgehead atoms. The van der Waals surface area contributed by atoms with Gasteiger partial charge in [-0.05, 0) is 0 Å². The quantitative estimate of drug-likeness (QED) is 0.329. The van der Waals surface area contributed by atoms with Gasteiger partial charge in [0, 0.05) is 13.0 Å². The van der Waals surface area contributed by atoms with Crippen LogP contribution < -0.4 is 17.7 Å². The van der Waals surface area contributed by atoms with Gasteiger partial charge in [0.05, 0.1) is 27.7 Å². The highest BCUT2D eigenvalue weighted by Gasteiger charge is 2.26. The van der Waals surface area contributed by atoms with Crippen molar-refractivity contribution in [2.24, 2.45) is 0 Å². The molecule has 0 aromatic carbocycles. The average molecular weight is 297 g/mol. The Balaban J connectivity index is 0.00000324. The second-order valence-corrected chi connectivity index (χ2v) is 5.19. The molecule has 0 aromatic heterocycles. The molecule has 1 atom stereocenters. The van der Waals surface area contributed by atoms with Gasteiger partial charge in [-0.3, -0.25) is 0 Å². The van der Waals surface area contributed by atoms with Crippen LogP contribution in [0.15, 0.2) is 0 Å². The van der Waals surface area contributed by atoms with Crippen LogP contribution in [0.3, 0.4) is 0 Å². The number of carbonyl (C=O) groups excluding carboxylic acids is 2. The largest absolute Gasteiger partial charge is 1.00 e. The molecule has 1 saturated heterocycles. The average Bonchev–Trinajstić information content (AvgIpc) is 2.66. The lowest BCUT2D eigenvalue weighted by atomic mass is 10.4. The highest BCUT2D eigenvalue weighted by atomic mass is 35.5. The van der Waals surface area contributed by atoms with Gasteiger partial charge < -0.3 is 36.4 Å². The van der Waals surface area contributed by atoms with Crippen LogP contribution in [0.5, 0.6) is 0 Å². The van der Waals surface area contributed by atoms with Gasteiger partial charge in [-0.25, -0.2) is 9.59 Å². The Morgan fingerprint density at radius 3 is 2.68 bits per heavy atom. The Hall–Kier alpha value is -1.21. The number of halogens is 1. The van der Waals surface area contributed by atoms with E-state index >= 15 is 0 Å². The molecule has 1 fully saturated rings. The summed E-state index contributed by atoms with van der Waals surface area (Å²) in [6.45, 7) is 1.68. The number of nitrogens with one attached hydrogen (secondary N) is 1. The van der Waals surface area contributed by atoms with Crippen molar-refractivity contribution in [3.63, 3.8) is 0 Å². The van der Waals surface area contributed by atoms with Crippen molar-refractivity contribution in [3.05, 3.63) is 0 Å². The van der Waals surface area contributed by atoms with Gasteiger partial charge in [0.2, 0.25) is 0 Å². The number of hydrogen-bond acceptors (Lipinski definition) is 5. The molecule has 0 saturated carbocycles. The second kappa shape index (κ2) is 8.06. The van der Waals surface area contributed by atoms with Gasteiger partial charge in [-0.2, -0.15) is 0 Å². The Bertz CT molecular complexity index is 306.